The highest BCUT2D eigenvalue weighted by atomic mass is 16.4. The maximum absolute atomic E-state index is 12.0. The fraction of sp³-hybridized carbons (Fsp3) is 0.875. The van der Waals surface area contributed by atoms with Gasteiger partial charge in [-0.25, -0.2) is 4.79 Å². The molecule has 1 aliphatic rings. The molecule has 3 N–H and O–H groups in total. The molecular formula is C16H30N2O3. The zero-order valence-corrected chi connectivity index (χ0v) is 13.7. The number of urea groups is 1. The first-order valence-electron chi connectivity index (χ1n) is 8.05. The van der Waals surface area contributed by atoms with E-state index in [1.54, 1.807) is 0 Å². The Balaban J connectivity index is 2.37. The summed E-state index contributed by atoms with van der Waals surface area (Å²) >= 11 is 0. The van der Waals surface area contributed by atoms with Gasteiger partial charge >= 0.3 is 12.0 Å². The second-order valence-electron chi connectivity index (χ2n) is 6.97. The van der Waals surface area contributed by atoms with E-state index in [-0.39, 0.29) is 24.4 Å². The summed E-state index contributed by atoms with van der Waals surface area (Å²) in [5, 5.41) is 14.8. The van der Waals surface area contributed by atoms with Crippen LogP contribution in [0.3, 0.4) is 0 Å². The summed E-state index contributed by atoms with van der Waals surface area (Å²) in [5.41, 5.74) is 0. The highest BCUT2D eigenvalue weighted by Crippen LogP contribution is 2.30. The van der Waals surface area contributed by atoms with Gasteiger partial charge in [-0.2, -0.15) is 0 Å². The number of nitrogens with one attached hydrogen (secondary N) is 2. The van der Waals surface area contributed by atoms with Gasteiger partial charge in [0.1, 0.15) is 0 Å². The molecule has 1 fully saturated rings. The molecule has 0 aromatic heterocycles. The molecule has 0 bridgehead atoms. The lowest BCUT2D eigenvalue weighted by molar-refractivity contribution is -0.138. The van der Waals surface area contributed by atoms with Crippen LogP contribution in [0.1, 0.15) is 53.4 Å². The van der Waals surface area contributed by atoms with Crippen molar-refractivity contribution in [1.82, 2.24) is 10.6 Å². The van der Waals surface area contributed by atoms with Crippen molar-refractivity contribution in [3.63, 3.8) is 0 Å². The second-order valence-corrected chi connectivity index (χ2v) is 6.97. The number of amides is 2. The minimum atomic E-state index is -0.805. The Hall–Kier alpha value is -1.26. The largest absolute Gasteiger partial charge is 0.481 e. The zero-order valence-electron chi connectivity index (χ0n) is 13.7. The number of carbonyl (C=O) groups is 2. The summed E-state index contributed by atoms with van der Waals surface area (Å²) < 4.78 is 0. The van der Waals surface area contributed by atoms with Crippen molar-refractivity contribution in [2.75, 3.05) is 6.54 Å². The van der Waals surface area contributed by atoms with Crippen molar-refractivity contribution >= 4 is 12.0 Å². The Bertz CT molecular complexity index is 357. The Morgan fingerprint density at radius 2 is 1.90 bits per heavy atom. The number of carboxylic acid groups (broad SMARTS) is 1. The maximum Gasteiger partial charge on any atom is 0.315 e. The van der Waals surface area contributed by atoms with E-state index in [2.05, 4.69) is 38.3 Å². The van der Waals surface area contributed by atoms with E-state index in [9.17, 15) is 9.59 Å². The number of carbonyl (C=O) groups excluding carboxylic acids is 1. The summed E-state index contributed by atoms with van der Waals surface area (Å²) in [6.45, 7) is 8.95. The van der Waals surface area contributed by atoms with Gasteiger partial charge in [0.15, 0.2) is 0 Å². The van der Waals surface area contributed by atoms with Crippen LogP contribution in [0.4, 0.5) is 4.79 Å². The van der Waals surface area contributed by atoms with Crippen molar-refractivity contribution in [1.29, 1.82) is 0 Å². The quantitative estimate of drug-likeness (QED) is 0.676. The molecule has 122 valence electrons. The average molecular weight is 298 g/mol. The maximum atomic E-state index is 12.0. The third-order valence-electron chi connectivity index (χ3n) is 4.60. The van der Waals surface area contributed by atoms with Gasteiger partial charge in [0, 0.05) is 19.0 Å². The van der Waals surface area contributed by atoms with Crippen LogP contribution in [0.2, 0.25) is 0 Å². The lowest BCUT2D eigenvalue weighted by atomic mass is 9.94. The summed E-state index contributed by atoms with van der Waals surface area (Å²) in [7, 11) is 0. The molecule has 4 unspecified atom stereocenters. The van der Waals surface area contributed by atoms with Crippen molar-refractivity contribution in [3.8, 4) is 0 Å². The van der Waals surface area contributed by atoms with E-state index < -0.39 is 5.97 Å². The Labute approximate surface area is 127 Å². The molecule has 0 aromatic carbocycles. The summed E-state index contributed by atoms with van der Waals surface area (Å²) in [5.74, 6) is 0.765. The Kier molecular flexibility index (Phi) is 6.99. The third-order valence-corrected chi connectivity index (χ3v) is 4.60. The van der Waals surface area contributed by atoms with Gasteiger partial charge in [-0.15, -0.1) is 0 Å². The summed E-state index contributed by atoms with van der Waals surface area (Å²) in [6.07, 6.45) is 3.10. The topological polar surface area (TPSA) is 78.4 Å². The second kappa shape index (κ2) is 8.25. The molecule has 0 radical (unpaired) electrons. The molecular weight excluding hydrogens is 268 g/mol. The standard InChI is InChI=1S/C16H30N2O3/c1-10(2)7-13(8-15(19)20)9-17-16(21)18-14-6-5-11(3)12(14)4/h10-14H,5-9H2,1-4H3,(H,19,20)(H2,17,18,21). The van der Waals surface area contributed by atoms with Gasteiger partial charge in [0.05, 0.1) is 0 Å². The summed E-state index contributed by atoms with van der Waals surface area (Å²) in [4.78, 5) is 22.8. The SMILES string of the molecule is CC(C)CC(CNC(=O)NC1CCC(C)C1C)CC(=O)O. The molecule has 0 spiro atoms. The minimum absolute atomic E-state index is 0.00632. The first-order valence-corrected chi connectivity index (χ1v) is 8.05. The molecule has 5 nitrogen and oxygen atoms in total. The lowest BCUT2D eigenvalue weighted by Crippen LogP contribution is -2.45. The van der Waals surface area contributed by atoms with Crippen molar-refractivity contribution < 1.29 is 14.7 Å². The van der Waals surface area contributed by atoms with Gasteiger partial charge in [-0.1, -0.05) is 27.7 Å². The molecule has 1 saturated carbocycles. The van der Waals surface area contributed by atoms with Crippen molar-refractivity contribution in [2.45, 2.75) is 59.4 Å². The molecule has 1 rings (SSSR count). The van der Waals surface area contributed by atoms with E-state index in [1.807, 2.05) is 0 Å². The van der Waals surface area contributed by atoms with Gasteiger partial charge < -0.3 is 15.7 Å². The van der Waals surface area contributed by atoms with Crippen LogP contribution in [0, 0.1) is 23.7 Å². The predicted molar refractivity (Wildman–Crippen MR) is 83.1 cm³/mol. The Morgan fingerprint density at radius 1 is 1.24 bits per heavy atom. The highest BCUT2D eigenvalue weighted by molar-refractivity contribution is 5.74. The van der Waals surface area contributed by atoms with Gasteiger partial charge in [0.2, 0.25) is 0 Å². The highest BCUT2D eigenvalue weighted by Gasteiger charge is 2.30. The minimum Gasteiger partial charge on any atom is -0.481 e. The predicted octanol–water partition coefficient (Wildman–Crippen LogP) is 2.86. The van der Waals surface area contributed by atoms with Crippen LogP contribution >= 0.6 is 0 Å². The Morgan fingerprint density at radius 3 is 2.38 bits per heavy atom. The zero-order chi connectivity index (χ0) is 16.0. The van der Waals surface area contributed by atoms with Gasteiger partial charge in [0.25, 0.3) is 0 Å². The molecule has 5 heteroatoms. The first-order chi connectivity index (χ1) is 9.79. The fourth-order valence-corrected chi connectivity index (χ4v) is 3.18. The molecule has 0 aromatic rings. The van der Waals surface area contributed by atoms with E-state index >= 15 is 0 Å². The molecule has 0 heterocycles. The molecule has 2 amide bonds. The molecule has 0 saturated heterocycles. The van der Waals surface area contributed by atoms with Gasteiger partial charge in [-0.3, -0.25) is 4.79 Å². The normalized spacial score (nSPS) is 26.6. The molecule has 1 aliphatic carbocycles. The first kappa shape index (κ1) is 17.8. The van der Waals surface area contributed by atoms with Crippen LogP contribution in [0.25, 0.3) is 0 Å². The fourth-order valence-electron chi connectivity index (χ4n) is 3.18. The van der Waals surface area contributed by atoms with Crippen LogP contribution < -0.4 is 10.6 Å². The molecule has 21 heavy (non-hydrogen) atoms. The number of carboxylic acids is 1. The van der Waals surface area contributed by atoms with E-state index in [1.165, 1.54) is 0 Å². The summed E-state index contributed by atoms with van der Waals surface area (Å²) in [6, 6.07) is 0.0723. The monoisotopic (exact) mass is 298 g/mol. The average Bonchev–Trinajstić information content (AvgIpc) is 2.66. The van der Waals surface area contributed by atoms with Crippen LogP contribution in [-0.4, -0.2) is 29.7 Å². The van der Waals surface area contributed by atoms with E-state index in [4.69, 9.17) is 5.11 Å². The number of aliphatic carboxylic acids is 1. The third kappa shape index (κ3) is 6.36. The van der Waals surface area contributed by atoms with Crippen LogP contribution in [0.15, 0.2) is 0 Å². The van der Waals surface area contributed by atoms with E-state index in [0.29, 0.717) is 24.3 Å². The van der Waals surface area contributed by atoms with Gasteiger partial charge in [-0.05, 0) is 42.9 Å². The van der Waals surface area contributed by atoms with Crippen molar-refractivity contribution in [2.24, 2.45) is 23.7 Å². The van der Waals surface area contributed by atoms with Crippen LogP contribution in [-0.2, 0) is 4.79 Å². The lowest BCUT2D eigenvalue weighted by Gasteiger charge is -2.22. The number of hydrogen-bond acceptors (Lipinski definition) is 2. The van der Waals surface area contributed by atoms with Crippen molar-refractivity contribution in [3.05, 3.63) is 0 Å². The number of rotatable bonds is 7. The molecule has 4 atom stereocenters. The number of hydrogen-bond donors (Lipinski definition) is 3. The van der Waals surface area contributed by atoms with E-state index in [0.717, 1.165) is 19.3 Å². The smallest absolute Gasteiger partial charge is 0.315 e. The molecule has 0 aliphatic heterocycles. The van der Waals surface area contributed by atoms with Crippen LogP contribution in [0.5, 0.6) is 0 Å².